The molecule has 0 radical (unpaired) electrons. The Balaban J connectivity index is 1.95. The van der Waals surface area contributed by atoms with Crippen LogP contribution in [0, 0.1) is 11.2 Å². The van der Waals surface area contributed by atoms with Crippen LogP contribution in [0.2, 0.25) is 0 Å². The van der Waals surface area contributed by atoms with E-state index in [1.165, 1.54) is 6.07 Å². The van der Waals surface area contributed by atoms with E-state index in [4.69, 9.17) is 10.5 Å². The topological polar surface area (TPSA) is 35.2 Å². The predicted octanol–water partition coefficient (Wildman–Crippen LogP) is 3.76. The van der Waals surface area contributed by atoms with Crippen LogP contribution in [0.1, 0.15) is 39.5 Å². The molecule has 1 aromatic carbocycles. The van der Waals surface area contributed by atoms with Gasteiger partial charge in [-0.25, -0.2) is 4.39 Å². The van der Waals surface area contributed by atoms with E-state index in [1.807, 2.05) is 0 Å². The summed E-state index contributed by atoms with van der Waals surface area (Å²) in [4.78, 5) is 0. The van der Waals surface area contributed by atoms with Crippen LogP contribution < -0.4 is 10.5 Å². The molecular formula is C14H20FNO. The summed E-state index contributed by atoms with van der Waals surface area (Å²) in [6, 6.07) is 4.66. The molecule has 1 aliphatic carbocycles. The number of hydrogen-bond acceptors (Lipinski definition) is 2. The molecule has 2 rings (SSSR count). The maximum absolute atomic E-state index is 13.3. The fourth-order valence-corrected chi connectivity index (χ4v) is 2.26. The van der Waals surface area contributed by atoms with Crippen molar-refractivity contribution in [3.8, 4) is 5.75 Å². The van der Waals surface area contributed by atoms with Gasteiger partial charge in [0.15, 0.2) is 0 Å². The van der Waals surface area contributed by atoms with Gasteiger partial charge in [0.2, 0.25) is 0 Å². The molecule has 1 aliphatic rings. The first-order valence-corrected chi connectivity index (χ1v) is 6.18. The molecule has 0 saturated heterocycles. The van der Waals surface area contributed by atoms with Gasteiger partial charge in [-0.1, -0.05) is 13.8 Å². The van der Waals surface area contributed by atoms with Crippen molar-refractivity contribution in [2.75, 3.05) is 5.73 Å². The molecule has 2 N–H and O–H groups in total. The molecule has 1 saturated carbocycles. The summed E-state index contributed by atoms with van der Waals surface area (Å²) < 4.78 is 19.0. The van der Waals surface area contributed by atoms with E-state index in [0.717, 1.165) is 25.7 Å². The van der Waals surface area contributed by atoms with Crippen molar-refractivity contribution < 1.29 is 9.13 Å². The molecule has 0 spiro atoms. The van der Waals surface area contributed by atoms with Crippen LogP contribution in [0.5, 0.6) is 5.75 Å². The Morgan fingerprint density at radius 3 is 2.53 bits per heavy atom. The normalized spacial score (nSPS) is 20.2. The summed E-state index contributed by atoms with van der Waals surface area (Å²) in [7, 11) is 0. The number of rotatable bonds is 2. The zero-order valence-electron chi connectivity index (χ0n) is 10.5. The number of halogens is 1. The maximum atomic E-state index is 13.3. The quantitative estimate of drug-likeness (QED) is 0.795. The standard InChI is InChI=1S/C14H20FNO/c1-14(2)7-5-10(6-8-14)17-11-3-4-13(16)12(15)9-11/h3-4,9-10H,5-8,16H2,1-2H3. The number of anilines is 1. The van der Waals surface area contributed by atoms with Gasteiger partial charge in [-0.3, -0.25) is 0 Å². The third-order valence-electron chi connectivity index (χ3n) is 3.56. The molecule has 0 aliphatic heterocycles. The molecule has 0 bridgehead atoms. The van der Waals surface area contributed by atoms with Gasteiger partial charge >= 0.3 is 0 Å². The van der Waals surface area contributed by atoms with Gasteiger partial charge in [0, 0.05) is 6.07 Å². The summed E-state index contributed by atoms with van der Waals surface area (Å²) >= 11 is 0. The van der Waals surface area contributed by atoms with Crippen molar-refractivity contribution in [2.45, 2.75) is 45.6 Å². The van der Waals surface area contributed by atoms with Crippen molar-refractivity contribution in [3.63, 3.8) is 0 Å². The van der Waals surface area contributed by atoms with Crippen LogP contribution in [0.15, 0.2) is 18.2 Å². The molecule has 0 amide bonds. The number of hydrogen-bond donors (Lipinski definition) is 1. The fraction of sp³-hybridized carbons (Fsp3) is 0.571. The highest BCUT2D eigenvalue weighted by molar-refractivity contribution is 5.43. The lowest BCUT2D eigenvalue weighted by Gasteiger charge is -2.34. The minimum absolute atomic E-state index is 0.169. The number of nitrogen functional groups attached to an aromatic ring is 1. The summed E-state index contributed by atoms with van der Waals surface area (Å²) in [5.74, 6) is 0.181. The Morgan fingerprint density at radius 1 is 1.29 bits per heavy atom. The first-order valence-electron chi connectivity index (χ1n) is 6.18. The van der Waals surface area contributed by atoms with Crippen LogP contribution >= 0.6 is 0 Å². The second kappa shape index (κ2) is 4.55. The molecule has 0 unspecified atom stereocenters. The summed E-state index contributed by atoms with van der Waals surface area (Å²) in [6.07, 6.45) is 4.62. The SMILES string of the molecule is CC1(C)CCC(Oc2ccc(N)c(F)c2)CC1. The van der Waals surface area contributed by atoms with E-state index in [-0.39, 0.29) is 11.8 Å². The average Bonchev–Trinajstić information content (AvgIpc) is 2.27. The van der Waals surface area contributed by atoms with E-state index in [0.29, 0.717) is 11.2 Å². The van der Waals surface area contributed by atoms with Crippen molar-refractivity contribution in [3.05, 3.63) is 24.0 Å². The van der Waals surface area contributed by atoms with E-state index in [9.17, 15) is 4.39 Å². The molecule has 1 fully saturated rings. The minimum atomic E-state index is -0.404. The van der Waals surface area contributed by atoms with E-state index < -0.39 is 5.82 Å². The Morgan fingerprint density at radius 2 is 1.94 bits per heavy atom. The van der Waals surface area contributed by atoms with Gasteiger partial charge in [-0.15, -0.1) is 0 Å². The summed E-state index contributed by atoms with van der Waals surface area (Å²) in [6.45, 7) is 4.57. The molecule has 94 valence electrons. The number of benzene rings is 1. The Hall–Kier alpha value is -1.25. The monoisotopic (exact) mass is 237 g/mol. The molecule has 1 aromatic rings. The zero-order chi connectivity index (χ0) is 12.5. The van der Waals surface area contributed by atoms with Crippen LogP contribution in [0.4, 0.5) is 10.1 Å². The van der Waals surface area contributed by atoms with E-state index in [2.05, 4.69) is 13.8 Å². The molecule has 0 aromatic heterocycles. The van der Waals surface area contributed by atoms with E-state index >= 15 is 0 Å². The van der Waals surface area contributed by atoms with Crippen LogP contribution in [-0.4, -0.2) is 6.10 Å². The Kier molecular flexibility index (Phi) is 3.27. The molecule has 0 atom stereocenters. The van der Waals surface area contributed by atoms with Gasteiger partial charge in [0.1, 0.15) is 11.6 Å². The smallest absolute Gasteiger partial charge is 0.149 e. The van der Waals surface area contributed by atoms with Gasteiger partial charge in [0.05, 0.1) is 11.8 Å². The third-order valence-corrected chi connectivity index (χ3v) is 3.56. The predicted molar refractivity (Wildman–Crippen MR) is 67.5 cm³/mol. The molecule has 17 heavy (non-hydrogen) atoms. The second-order valence-electron chi connectivity index (χ2n) is 5.66. The van der Waals surface area contributed by atoms with Crippen LogP contribution in [0.25, 0.3) is 0 Å². The minimum Gasteiger partial charge on any atom is -0.490 e. The highest BCUT2D eigenvalue weighted by atomic mass is 19.1. The highest BCUT2D eigenvalue weighted by Gasteiger charge is 2.27. The highest BCUT2D eigenvalue weighted by Crippen LogP contribution is 2.36. The van der Waals surface area contributed by atoms with Crippen molar-refractivity contribution in [2.24, 2.45) is 5.41 Å². The van der Waals surface area contributed by atoms with Gasteiger partial charge in [-0.2, -0.15) is 0 Å². The van der Waals surface area contributed by atoms with Gasteiger partial charge in [-0.05, 0) is 43.2 Å². The van der Waals surface area contributed by atoms with Crippen molar-refractivity contribution in [1.82, 2.24) is 0 Å². The third kappa shape index (κ3) is 3.11. The Labute approximate surface area is 102 Å². The largest absolute Gasteiger partial charge is 0.490 e. The van der Waals surface area contributed by atoms with Crippen LogP contribution in [-0.2, 0) is 0 Å². The van der Waals surface area contributed by atoms with Crippen LogP contribution in [0.3, 0.4) is 0 Å². The Bertz CT molecular complexity index is 393. The summed E-state index contributed by atoms with van der Waals surface area (Å²) in [5.41, 5.74) is 6.02. The first-order chi connectivity index (χ1) is 7.96. The van der Waals surface area contributed by atoms with Gasteiger partial charge in [0.25, 0.3) is 0 Å². The molecule has 2 nitrogen and oxygen atoms in total. The average molecular weight is 237 g/mol. The van der Waals surface area contributed by atoms with E-state index in [1.54, 1.807) is 12.1 Å². The molecule has 0 heterocycles. The zero-order valence-corrected chi connectivity index (χ0v) is 10.5. The van der Waals surface area contributed by atoms with Gasteiger partial charge < -0.3 is 10.5 Å². The lowest BCUT2D eigenvalue weighted by Crippen LogP contribution is -2.28. The summed E-state index contributed by atoms with van der Waals surface area (Å²) in [5, 5.41) is 0. The number of ether oxygens (including phenoxy) is 1. The van der Waals surface area contributed by atoms with Crippen molar-refractivity contribution in [1.29, 1.82) is 0 Å². The lowest BCUT2D eigenvalue weighted by molar-refractivity contribution is 0.0985. The first kappa shape index (κ1) is 12.2. The second-order valence-corrected chi connectivity index (χ2v) is 5.66. The fourth-order valence-electron chi connectivity index (χ4n) is 2.26. The van der Waals surface area contributed by atoms with Crippen molar-refractivity contribution >= 4 is 5.69 Å². The molecule has 3 heteroatoms. The molecular weight excluding hydrogens is 217 g/mol. The maximum Gasteiger partial charge on any atom is 0.149 e. The number of nitrogens with two attached hydrogens (primary N) is 1. The lowest BCUT2D eigenvalue weighted by atomic mass is 9.76.